The molecule has 9 heteroatoms. The molecule has 0 spiro atoms. The highest BCUT2D eigenvalue weighted by Gasteiger charge is 2.23. The second-order valence-electron chi connectivity index (χ2n) is 7.31. The fourth-order valence-corrected chi connectivity index (χ4v) is 4.97. The van der Waals surface area contributed by atoms with Gasteiger partial charge in [0.2, 0.25) is 0 Å². The summed E-state index contributed by atoms with van der Waals surface area (Å²) in [6.45, 7) is 6.60. The molecule has 2 heterocycles. The van der Waals surface area contributed by atoms with Crippen molar-refractivity contribution in [3.05, 3.63) is 21.9 Å². The molecule has 0 aromatic carbocycles. The van der Waals surface area contributed by atoms with Crippen molar-refractivity contribution in [2.24, 2.45) is 4.99 Å². The van der Waals surface area contributed by atoms with Gasteiger partial charge in [-0.1, -0.05) is 24.6 Å². The largest absolute Gasteiger partial charge is 0.357 e. The lowest BCUT2D eigenvalue weighted by molar-refractivity contribution is 0.461. The van der Waals surface area contributed by atoms with E-state index in [9.17, 15) is 0 Å². The number of hydrogen-bond acceptors (Lipinski definition) is 6. The predicted octanol–water partition coefficient (Wildman–Crippen LogP) is 3.61. The standard InChI is InChI=1S/C20H33N7S2/c1-4-21-19(23-13-11-16-14-29-15(2)24-16)22-12-7-10-18-25-26-20(28-3)27(18)17-8-5-6-9-17/h14,17H,4-13H2,1-3H3,(H2,21,22,23). The highest BCUT2D eigenvalue weighted by atomic mass is 32.2. The maximum atomic E-state index is 4.73. The molecule has 0 aliphatic heterocycles. The number of thioether (sulfide) groups is 1. The third-order valence-corrected chi connectivity index (χ3v) is 6.59. The fourth-order valence-electron chi connectivity index (χ4n) is 3.75. The van der Waals surface area contributed by atoms with Crippen molar-refractivity contribution in [2.45, 2.75) is 70.0 Å². The van der Waals surface area contributed by atoms with Crippen molar-refractivity contribution in [3.8, 4) is 0 Å². The summed E-state index contributed by atoms with van der Waals surface area (Å²) in [4.78, 5) is 9.25. The number of rotatable bonds is 10. The van der Waals surface area contributed by atoms with Gasteiger partial charge >= 0.3 is 0 Å². The van der Waals surface area contributed by atoms with Gasteiger partial charge in [-0.15, -0.1) is 21.5 Å². The number of aromatic nitrogens is 4. The Morgan fingerprint density at radius 3 is 2.79 bits per heavy atom. The summed E-state index contributed by atoms with van der Waals surface area (Å²) < 4.78 is 2.39. The van der Waals surface area contributed by atoms with Crippen LogP contribution in [0.3, 0.4) is 0 Å². The lowest BCUT2D eigenvalue weighted by Crippen LogP contribution is -2.38. The van der Waals surface area contributed by atoms with Crippen molar-refractivity contribution in [3.63, 3.8) is 0 Å². The first-order valence-electron chi connectivity index (χ1n) is 10.6. The van der Waals surface area contributed by atoms with Crippen LogP contribution < -0.4 is 10.6 Å². The van der Waals surface area contributed by atoms with Crippen molar-refractivity contribution in [2.75, 3.05) is 25.9 Å². The van der Waals surface area contributed by atoms with Crippen molar-refractivity contribution >= 4 is 29.1 Å². The Morgan fingerprint density at radius 2 is 2.10 bits per heavy atom. The van der Waals surface area contributed by atoms with Crippen LogP contribution in [0.15, 0.2) is 15.5 Å². The Hall–Kier alpha value is -1.61. The SMILES string of the molecule is CCNC(=NCCCc1nnc(SC)n1C1CCCC1)NCCc1csc(C)n1. The van der Waals surface area contributed by atoms with Crippen LogP contribution in [-0.4, -0.2) is 51.6 Å². The maximum absolute atomic E-state index is 4.73. The molecule has 29 heavy (non-hydrogen) atoms. The minimum atomic E-state index is 0.583. The number of aryl methyl sites for hydroxylation is 2. The fraction of sp³-hybridized carbons (Fsp3) is 0.700. The number of aliphatic imine (C=N–C) groups is 1. The summed E-state index contributed by atoms with van der Waals surface area (Å²) in [6, 6.07) is 0.583. The zero-order valence-electron chi connectivity index (χ0n) is 17.8. The third-order valence-electron chi connectivity index (χ3n) is 5.12. The summed E-state index contributed by atoms with van der Waals surface area (Å²) in [7, 11) is 0. The minimum Gasteiger partial charge on any atom is -0.357 e. The van der Waals surface area contributed by atoms with Crippen LogP contribution in [-0.2, 0) is 12.8 Å². The smallest absolute Gasteiger partial charge is 0.191 e. The van der Waals surface area contributed by atoms with E-state index in [1.165, 1.54) is 25.7 Å². The molecule has 0 bridgehead atoms. The van der Waals surface area contributed by atoms with Crippen molar-refractivity contribution < 1.29 is 0 Å². The van der Waals surface area contributed by atoms with Gasteiger partial charge in [0.05, 0.1) is 10.7 Å². The second kappa shape index (κ2) is 11.5. The summed E-state index contributed by atoms with van der Waals surface area (Å²) >= 11 is 3.40. The lowest BCUT2D eigenvalue weighted by Gasteiger charge is -2.16. The number of guanidine groups is 1. The van der Waals surface area contributed by atoms with Crippen LogP contribution in [0.4, 0.5) is 0 Å². The van der Waals surface area contributed by atoms with Gasteiger partial charge in [-0.2, -0.15) is 0 Å². The van der Waals surface area contributed by atoms with Gasteiger partial charge in [-0.05, 0) is 39.4 Å². The molecule has 1 aliphatic carbocycles. The summed E-state index contributed by atoms with van der Waals surface area (Å²) in [6.07, 6.45) is 10.0. The molecule has 2 aromatic rings. The molecule has 160 valence electrons. The van der Waals surface area contributed by atoms with E-state index < -0.39 is 0 Å². The first-order valence-corrected chi connectivity index (χ1v) is 12.7. The molecule has 3 rings (SSSR count). The Morgan fingerprint density at radius 1 is 1.28 bits per heavy atom. The molecule has 2 aromatic heterocycles. The molecule has 1 fully saturated rings. The van der Waals surface area contributed by atoms with E-state index in [4.69, 9.17) is 4.99 Å². The molecule has 7 nitrogen and oxygen atoms in total. The van der Waals surface area contributed by atoms with E-state index in [0.29, 0.717) is 6.04 Å². The average Bonchev–Trinajstić information content (AvgIpc) is 3.45. The zero-order valence-corrected chi connectivity index (χ0v) is 19.4. The predicted molar refractivity (Wildman–Crippen MR) is 122 cm³/mol. The van der Waals surface area contributed by atoms with Crippen LogP contribution in [0.1, 0.15) is 61.6 Å². The van der Waals surface area contributed by atoms with Crippen molar-refractivity contribution in [1.82, 2.24) is 30.4 Å². The van der Waals surface area contributed by atoms with E-state index in [2.05, 4.69) is 48.9 Å². The zero-order chi connectivity index (χ0) is 20.5. The van der Waals surface area contributed by atoms with Crippen LogP contribution >= 0.6 is 23.1 Å². The maximum Gasteiger partial charge on any atom is 0.191 e. The summed E-state index contributed by atoms with van der Waals surface area (Å²) in [5, 5.41) is 19.9. The molecule has 0 unspecified atom stereocenters. The quantitative estimate of drug-likeness (QED) is 0.257. The molecule has 0 atom stereocenters. The van der Waals surface area contributed by atoms with Gasteiger partial charge in [0, 0.05) is 43.9 Å². The average molecular weight is 436 g/mol. The first kappa shape index (κ1) is 22.1. The molecular formula is C20H33N7S2. The first-order chi connectivity index (χ1) is 14.2. The Bertz CT molecular complexity index is 778. The number of hydrogen-bond donors (Lipinski definition) is 2. The van der Waals surface area contributed by atoms with Gasteiger partial charge in [0.1, 0.15) is 5.82 Å². The van der Waals surface area contributed by atoms with Crippen LogP contribution in [0.5, 0.6) is 0 Å². The van der Waals surface area contributed by atoms with Crippen LogP contribution in [0.25, 0.3) is 0 Å². The van der Waals surface area contributed by atoms with E-state index in [1.807, 2.05) is 6.92 Å². The lowest BCUT2D eigenvalue weighted by atomic mass is 10.2. The van der Waals surface area contributed by atoms with Gasteiger partial charge in [0.15, 0.2) is 11.1 Å². The number of nitrogens with zero attached hydrogens (tertiary/aromatic N) is 5. The van der Waals surface area contributed by atoms with Gasteiger partial charge < -0.3 is 15.2 Å². The number of thiazole rings is 1. The molecule has 0 saturated heterocycles. The molecule has 1 saturated carbocycles. The van der Waals surface area contributed by atoms with Gasteiger partial charge in [-0.25, -0.2) is 4.98 Å². The normalized spacial score (nSPS) is 15.2. The Balaban J connectivity index is 1.48. The van der Waals surface area contributed by atoms with Crippen LogP contribution in [0, 0.1) is 6.92 Å². The molecular weight excluding hydrogens is 402 g/mol. The van der Waals surface area contributed by atoms with Gasteiger partial charge in [-0.3, -0.25) is 4.99 Å². The minimum absolute atomic E-state index is 0.583. The Kier molecular flexibility index (Phi) is 8.79. The third kappa shape index (κ3) is 6.44. The summed E-state index contributed by atoms with van der Waals surface area (Å²) in [5.74, 6) is 2.00. The second-order valence-corrected chi connectivity index (χ2v) is 9.15. The van der Waals surface area contributed by atoms with E-state index in [1.54, 1.807) is 23.1 Å². The monoisotopic (exact) mass is 435 g/mol. The number of nitrogens with one attached hydrogen (secondary N) is 2. The van der Waals surface area contributed by atoms with Crippen molar-refractivity contribution in [1.29, 1.82) is 0 Å². The highest BCUT2D eigenvalue weighted by Crippen LogP contribution is 2.33. The topological polar surface area (TPSA) is 80.0 Å². The van der Waals surface area contributed by atoms with E-state index >= 15 is 0 Å². The molecule has 0 amide bonds. The highest BCUT2D eigenvalue weighted by molar-refractivity contribution is 7.98. The van der Waals surface area contributed by atoms with E-state index in [0.717, 1.165) is 66.5 Å². The molecule has 0 radical (unpaired) electrons. The van der Waals surface area contributed by atoms with Gasteiger partial charge in [0.25, 0.3) is 0 Å². The molecule has 1 aliphatic rings. The Labute approximate surface area is 182 Å². The van der Waals surface area contributed by atoms with E-state index in [-0.39, 0.29) is 0 Å². The summed E-state index contributed by atoms with van der Waals surface area (Å²) in [5.41, 5.74) is 1.15. The molecule has 2 N–H and O–H groups in total. The van der Waals surface area contributed by atoms with Crippen LogP contribution in [0.2, 0.25) is 0 Å².